The molecular formula is C21H23Cl2N3O2. The smallest absolute Gasteiger partial charge is 0.255 e. The van der Waals surface area contributed by atoms with Gasteiger partial charge in [0, 0.05) is 36.9 Å². The lowest BCUT2D eigenvalue weighted by atomic mass is 10.1. The Bertz CT molecular complexity index is 893. The molecule has 1 N–H and O–H groups in total. The van der Waals surface area contributed by atoms with Crippen LogP contribution in [0.15, 0.2) is 36.4 Å². The molecule has 1 aliphatic heterocycles. The molecule has 2 aromatic carbocycles. The number of carbonyl (C=O) groups excluding carboxylic acids is 2. The number of carbonyl (C=O) groups is 2. The minimum Gasteiger partial charge on any atom is -0.336 e. The summed E-state index contributed by atoms with van der Waals surface area (Å²) in [6.45, 7) is 6.69. The first-order valence-electron chi connectivity index (χ1n) is 9.18. The molecule has 1 fully saturated rings. The molecule has 0 aliphatic carbocycles. The molecule has 0 unspecified atom stereocenters. The first-order valence-corrected chi connectivity index (χ1v) is 9.93. The van der Waals surface area contributed by atoms with Crippen molar-refractivity contribution in [1.29, 1.82) is 0 Å². The van der Waals surface area contributed by atoms with Gasteiger partial charge in [0.1, 0.15) is 0 Å². The molecule has 0 aromatic heterocycles. The van der Waals surface area contributed by atoms with Crippen LogP contribution in [-0.4, -0.2) is 54.3 Å². The van der Waals surface area contributed by atoms with Crippen molar-refractivity contribution in [3.8, 4) is 0 Å². The molecule has 5 nitrogen and oxygen atoms in total. The van der Waals surface area contributed by atoms with E-state index in [1.54, 1.807) is 23.1 Å². The van der Waals surface area contributed by atoms with Crippen LogP contribution in [0.25, 0.3) is 0 Å². The Morgan fingerprint density at radius 3 is 2.43 bits per heavy atom. The second kappa shape index (κ2) is 8.95. The van der Waals surface area contributed by atoms with Gasteiger partial charge in [0.05, 0.1) is 17.1 Å². The molecule has 3 rings (SSSR count). The van der Waals surface area contributed by atoms with Gasteiger partial charge in [-0.3, -0.25) is 14.5 Å². The Morgan fingerprint density at radius 2 is 1.75 bits per heavy atom. The number of nitrogens with zero attached hydrogens (tertiary/aromatic N) is 2. The Labute approximate surface area is 175 Å². The van der Waals surface area contributed by atoms with E-state index in [2.05, 4.69) is 5.32 Å². The third kappa shape index (κ3) is 4.85. The maximum atomic E-state index is 12.7. The lowest BCUT2D eigenvalue weighted by Gasteiger charge is -2.34. The fourth-order valence-electron chi connectivity index (χ4n) is 3.22. The van der Waals surface area contributed by atoms with Crippen molar-refractivity contribution in [2.75, 3.05) is 38.0 Å². The zero-order valence-corrected chi connectivity index (χ0v) is 17.5. The largest absolute Gasteiger partial charge is 0.336 e. The lowest BCUT2D eigenvalue weighted by Crippen LogP contribution is -2.50. The predicted molar refractivity (Wildman–Crippen MR) is 113 cm³/mol. The third-order valence-electron chi connectivity index (χ3n) is 5.07. The number of hydrogen-bond donors (Lipinski definition) is 1. The molecule has 7 heteroatoms. The topological polar surface area (TPSA) is 52.7 Å². The average molecular weight is 420 g/mol. The number of rotatable bonds is 4. The van der Waals surface area contributed by atoms with Crippen molar-refractivity contribution in [1.82, 2.24) is 9.80 Å². The van der Waals surface area contributed by atoms with Gasteiger partial charge in [0.15, 0.2) is 0 Å². The summed E-state index contributed by atoms with van der Waals surface area (Å²) >= 11 is 12.0. The molecule has 0 saturated carbocycles. The van der Waals surface area contributed by atoms with Crippen molar-refractivity contribution in [3.63, 3.8) is 0 Å². The summed E-state index contributed by atoms with van der Waals surface area (Å²) in [5.74, 6) is -0.157. The summed E-state index contributed by atoms with van der Waals surface area (Å²) in [5.41, 5.74) is 3.51. The SMILES string of the molecule is Cc1cccc(NC(=O)CN2CCN(C(=O)c3ccc(Cl)cc3Cl)CC2)c1C. The highest BCUT2D eigenvalue weighted by atomic mass is 35.5. The van der Waals surface area contributed by atoms with E-state index in [0.29, 0.717) is 48.3 Å². The van der Waals surface area contributed by atoms with Crippen LogP contribution in [0.5, 0.6) is 0 Å². The van der Waals surface area contributed by atoms with Crippen LogP contribution in [-0.2, 0) is 4.79 Å². The van der Waals surface area contributed by atoms with Crippen LogP contribution in [0.2, 0.25) is 10.0 Å². The van der Waals surface area contributed by atoms with Crippen molar-refractivity contribution in [3.05, 3.63) is 63.1 Å². The molecule has 1 aliphatic rings. The Balaban J connectivity index is 1.53. The summed E-state index contributed by atoms with van der Waals surface area (Å²) in [5, 5.41) is 3.84. The first kappa shape index (κ1) is 20.6. The van der Waals surface area contributed by atoms with Gasteiger partial charge in [-0.15, -0.1) is 0 Å². The van der Waals surface area contributed by atoms with Gasteiger partial charge in [-0.25, -0.2) is 0 Å². The monoisotopic (exact) mass is 419 g/mol. The summed E-state index contributed by atoms with van der Waals surface area (Å²) in [4.78, 5) is 28.9. The number of halogens is 2. The predicted octanol–water partition coefficient (Wildman–Crippen LogP) is 4.01. The molecule has 2 amide bonds. The fraction of sp³-hybridized carbons (Fsp3) is 0.333. The Morgan fingerprint density at radius 1 is 1.04 bits per heavy atom. The maximum Gasteiger partial charge on any atom is 0.255 e. The van der Waals surface area contributed by atoms with Crippen LogP contribution in [0.4, 0.5) is 5.69 Å². The lowest BCUT2D eigenvalue weighted by molar-refractivity contribution is -0.117. The van der Waals surface area contributed by atoms with Crippen molar-refractivity contribution < 1.29 is 9.59 Å². The molecule has 1 saturated heterocycles. The zero-order valence-electron chi connectivity index (χ0n) is 16.0. The zero-order chi connectivity index (χ0) is 20.3. The van der Waals surface area contributed by atoms with Crippen molar-refractivity contribution in [2.24, 2.45) is 0 Å². The molecule has 0 spiro atoms. The minimum absolute atomic E-state index is 0.0470. The number of amides is 2. The molecule has 0 bridgehead atoms. The van der Waals surface area contributed by atoms with Crippen LogP contribution >= 0.6 is 23.2 Å². The van der Waals surface area contributed by atoms with E-state index >= 15 is 0 Å². The summed E-state index contributed by atoms with van der Waals surface area (Å²) in [6.07, 6.45) is 0. The van der Waals surface area contributed by atoms with E-state index in [4.69, 9.17) is 23.2 Å². The highest BCUT2D eigenvalue weighted by Crippen LogP contribution is 2.23. The van der Waals surface area contributed by atoms with E-state index in [1.165, 1.54) is 0 Å². The van der Waals surface area contributed by atoms with Crippen LogP contribution in [0.1, 0.15) is 21.5 Å². The van der Waals surface area contributed by atoms with Crippen LogP contribution < -0.4 is 5.32 Å². The second-order valence-corrected chi connectivity index (χ2v) is 7.83. The summed E-state index contributed by atoms with van der Waals surface area (Å²) in [7, 11) is 0. The van der Waals surface area contributed by atoms with Gasteiger partial charge in [-0.05, 0) is 49.2 Å². The number of benzene rings is 2. The third-order valence-corrected chi connectivity index (χ3v) is 5.61. The molecule has 1 heterocycles. The van der Waals surface area contributed by atoms with Gasteiger partial charge in [-0.1, -0.05) is 35.3 Å². The molecule has 148 valence electrons. The van der Waals surface area contributed by atoms with E-state index in [1.807, 2.05) is 36.9 Å². The van der Waals surface area contributed by atoms with E-state index < -0.39 is 0 Å². The number of aryl methyl sites for hydroxylation is 1. The summed E-state index contributed by atoms with van der Waals surface area (Å²) in [6, 6.07) is 10.8. The standard InChI is InChI=1S/C21H23Cl2N3O2/c1-14-4-3-5-19(15(14)2)24-20(27)13-25-8-10-26(11-9-25)21(28)17-7-6-16(22)12-18(17)23/h3-7,12H,8-11,13H2,1-2H3,(H,24,27). The molecule has 28 heavy (non-hydrogen) atoms. The molecule has 0 radical (unpaired) electrons. The normalized spacial score (nSPS) is 14.8. The Kier molecular flexibility index (Phi) is 6.60. The van der Waals surface area contributed by atoms with Gasteiger partial charge < -0.3 is 10.2 Å². The van der Waals surface area contributed by atoms with Crippen LogP contribution in [0.3, 0.4) is 0 Å². The number of anilines is 1. The molecule has 2 aromatic rings. The minimum atomic E-state index is -0.110. The van der Waals surface area contributed by atoms with E-state index in [9.17, 15) is 9.59 Å². The molecule has 0 atom stereocenters. The highest BCUT2D eigenvalue weighted by Gasteiger charge is 2.24. The number of piperazine rings is 1. The number of hydrogen-bond acceptors (Lipinski definition) is 3. The number of nitrogens with one attached hydrogen (secondary N) is 1. The van der Waals surface area contributed by atoms with E-state index in [0.717, 1.165) is 16.8 Å². The molecular weight excluding hydrogens is 397 g/mol. The fourth-order valence-corrected chi connectivity index (χ4v) is 3.71. The van der Waals surface area contributed by atoms with Crippen molar-refractivity contribution >= 4 is 40.7 Å². The van der Waals surface area contributed by atoms with Crippen molar-refractivity contribution in [2.45, 2.75) is 13.8 Å². The average Bonchev–Trinajstić information content (AvgIpc) is 2.65. The van der Waals surface area contributed by atoms with Gasteiger partial charge in [-0.2, -0.15) is 0 Å². The van der Waals surface area contributed by atoms with Gasteiger partial charge >= 0.3 is 0 Å². The van der Waals surface area contributed by atoms with Crippen LogP contribution in [0, 0.1) is 13.8 Å². The highest BCUT2D eigenvalue weighted by molar-refractivity contribution is 6.36. The van der Waals surface area contributed by atoms with Gasteiger partial charge in [0.2, 0.25) is 5.91 Å². The summed E-state index contributed by atoms with van der Waals surface area (Å²) < 4.78 is 0. The van der Waals surface area contributed by atoms with Gasteiger partial charge in [0.25, 0.3) is 5.91 Å². The van der Waals surface area contributed by atoms with E-state index in [-0.39, 0.29) is 11.8 Å². The first-order chi connectivity index (χ1) is 13.3. The maximum absolute atomic E-state index is 12.7. The second-order valence-electron chi connectivity index (χ2n) is 6.99. The quantitative estimate of drug-likeness (QED) is 0.814. The Hall–Kier alpha value is -2.08.